The second-order valence-corrected chi connectivity index (χ2v) is 13.0. The number of carbonyl (C=O) groups is 3. The largest absolute Gasteiger partial charge is 0.338 e. The highest BCUT2D eigenvalue weighted by Crippen LogP contribution is 2.39. The molecule has 3 aliphatic rings. The number of carbonyl (C=O) groups excluding carboxylic acids is 3. The Kier molecular flexibility index (Phi) is 8.67. The lowest BCUT2D eigenvalue weighted by molar-refractivity contribution is -0.128. The zero-order valence-electron chi connectivity index (χ0n) is 25.2. The number of rotatable bonds is 6. The van der Waals surface area contributed by atoms with Gasteiger partial charge in [-0.1, -0.05) is 69.3 Å². The summed E-state index contributed by atoms with van der Waals surface area (Å²) in [7, 11) is 0. The van der Waals surface area contributed by atoms with Gasteiger partial charge < -0.3 is 15.1 Å². The number of hydrogen-bond donors (Lipinski definition) is 1. The van der Waals surface area contributed by atoms with Crippen molar-refractivity contribution in [1.82, 2.24) is 15.1 Å². The van der Waals surface area contributed by atoms with Gasteiger partial charge in [0.2, 0.25) is 11.8 Å². The summed E-state index contributed by atoms with van der Waals surface area (Å²) in [4.78, 5) is 43.6. The fourth-order valence-electron chi connectivity index (χ4n) is 6.47. The molecule has 2 aromatic carbocycles. The topological polar surface area (TPSA) is 69.7 Å². The third kappa shape index (κ3) is 6.35. The lowest BCUT2D eigenvalue weighted by Crippen LogP contribution is -2.48. The molecule has 1 N–H and O–H groups in total. The molecule has 2 aromatic rings. The van der Waals surface area contributed by atoms with Crippen LogP contribution in [0.4, 0.5) is 4.39 Å². The normalized spacial score (nSPS) is 22.7. The van der Waals surface area contributed by atoms with E-state index in [4.69, 9.17) is 0 Å². The number of hydrogen-bond acceptors (Lipinski definition) is 3. The first-order valence-electron chi connectivity index (χ1n) is 15.1. The van der Waals surface area contributed by atoms with Crippen molar-refractivity contribution in [2.75, 3.05) is 13.1 Å². The van der Waals surface area contributed by atoms with E-state index in [1.54, 1.807) is 24.0 Å². The Bertz CT molecular complexity index is 1390. The molecule has 2 aliphatic heterocycles. The first-order valence-corrected chi connectivity index (χ1v) is 15.1. The number of piperidine rings is 1. The number of allylic oxidation sites excluding steroid dienone is 3. The molecule has 2 heterocycles. The maximum Gasteiger partial charge on any atom is 0.257 e. The number of nitrogens with zero attached hydrogens (tertiary/aromatic N) is 2. The summed E-state index contributed by atoms with van der Waals surface area (Å²) in [6, 6.07) is 12.0. The van der Waals surface area contributed by atoms with E-state index in [9.17, 15) is 18.8 Å². The molecular weight excluding hydrogens is 529 g/mol. The van der Waals surface area contributed by atoms with Gasteiger partial charge >= 0.3 is 0 Å². The summed E-state index contributed by atoms with van der Waals surface area (Å²) in [5.41, 5.74) is 3.30. The summed E-state index contributed by atoms with van der Waals surface area (Å²) < 4.78 is 15.0. The fourth-order valence-corrected chi connectivity index (χ4v) is 6.47. The second kappa shape index (κ2) is 12.2. The third-order valence-corrected chi connectivity index (χ3v) is 8.98. The number of likely N-dealkylation sites (tertiary alicyclic amines) is 2. The lowest BCUT2D eigenvalue weighted by atomic mass is 9.76. The average Bonchev–Trinajstić information content (AvgIpc) is 3.36. The van der Waals surface area contributed by atoms with Crippen LogP contribution in [0.1, 0.15) is 86.0 Å². The monoisotopic (exact) mass is 571 g/mol. The standard InChI is InChI=1S/C35H42FN3O3/c1-23-9-5-13-29(36)31(23)34(42)39-20-7-12-28(33(41)37-27-11-6-10-26(21-27)35(2,3)4)32(39)25-17-15-24(16-18-25)22-38-19-8-14-30(38)40/h5-6,9,11,13,15-18,21,26,28,32H,7-8,10,12,14,19-20,22H2,1-4H3,(H,37,41)/t26?,28-,32?/m0/s1. The van der Waals surface area contributed by atoms with Crippen LogP contribution in [0, 0.1) is 30.0 Å². The average molecular weight is 572 g/mol. The maximum atomic E-state index is 15.0. The van der Waals surface area contributed by atoms with Crippen LogP contribution in [-0.4, -0.2) is 40.6 Å². The molecule has 0 spiro atoms. The SMILES string of the molecule is Cc1cccc(F)c1C(=O)N1CCC[C@H](C(=O)NC2=CC(C(C)(C)C)CC=C2)C1c1ccc(CN2CCCC2=O)cc1. The molecule has 42 heavy (non-hydrogen) atoms. The van der Waals surface area contributed by atoms with Crippen molar-refractivity contribution in [2.45, 2.75) is 72.4 Å². The number of nitrogens with one attached hydrogen (secondary N) is 1. The Labute approximate surface area is 248 Å². The molecule has 2 unspecified atom stereocenters. The van der Waals surface area contributed by atoms with E-state index in [0.29, 0.717) is 43.8 Å². The highest BCUT2D eigenvalue weighted by atomic mass is 19.1. The Morgan fingerprint density at radius 2 is 1.81 bits per heavy atom. The quantitative estimate of drug-likeness (QED) is 0.432. The molecule has 1 aliphatic carbocycles. The maximum absolute atomic E-state index is 15.0. The van der Waals surface area contributed by atoms with Crippen molar-refractivity contribution in [3.8, 4) is 0 Å². The van der Waals surface area contributed by atoms with Gasteiger partial charge in [0.05, 0.1) is 17.5 Å². The summed E-state index contributed by atoms with van der Waals surface area (Å²) in [5.74, 6) is -1.13. The van der Waals surface area contributed by atoms with E-state index in [-0.39, 0.29) is 22.8 Å². The number of amides is 3. The molecule has 2 fully saturated rings. The Hall–Kier alpha value is -3.74. The van der Waals surface area contributed by atoms with E-state index < -0.39 is 23.7 Å². The zero-order chi connectivity index (χ0) is 30.0. The minimum absolute atomic E-state index is 0.0543. The van der Waals surface area contributed by atoms with Gasteiger partial charge in [-0.05, 0) is 72.8 Å². The van der Waals surface area contributed by atoms with Gasteiger partial charge in [0.15, 0.2) is 0 Å². The van der Waals surface area contributed by atoms with Gasteiger partial charge in [0.1, 0.15) is 5.82 Å². The molecule has 0 aromatic heterocycles. The Morgan fingerprint density at radius 1 is 1.05 bits per heavy atom. The minimum Gasteiger partial charge on any atom is -0.338 e. The summed E-state index contributed by atoms with van der Waals surface area (Å²) >= 11 is 0. The van der Waals surface area contributed by atoms with Gasteiger partial charge in [0.25, 0.3) is 5.91 Å². The molecule has 6 nitrogen and oxygen atoms in total. The molecule has 3 atom stereocenters. The van der Waals surface area contributed by atoms with E-state index in [1.807, 2.05) is 35.2 Å². The molecular formula is C35H42FN3O3. The van der Waals surface area contributed by atoms with Crippen molar-refractivity contribution in [3.05, 3.63) is 94.5 Å². The van der Waals surface area contributed by atoms with Crippen molar-refractivity contribution >= 4 is 17.7 Å². The van der Waals surface area contributed by atoms with Gasteiger partial charge in [-0.25, -0.2) is 4.39 Å². The Morgan fingerprint density at radius 3 is 2.48 bits per heavy atom. The lowest BCUT2D eigenvalue weighted by Gasteiger charge is -2.41. The first-order chi connectivity index (χ1) is 20.0. The van der Waals surface area contributed by atoms with Gasteiger partial charge in [-0.3, -0.25) is 14.4 Å². The van der Waals surface area contributed by atoms with Crippen molar-refractivity contribution in [2.24, 2.45) is 17.3 Å². The molecule has 7 heteroatoms. The van der Waals surface area contributed by atoms with Gasteiger partial charge in [0, 0.05) is 31.8 Å². The van der Waals surface area contributed by atoms with Crippen LogP contribution in [0.2, 0.25) is 0 Å². The second-order valence-electron chi connectivity index (χ2n) is 13.0. The van der Waals surface area contributed by atoms with Crippen LogP contribution >= 0.6 is 0 Å². The summed E-state index contributed by atoms with van der Waals surface area (Å²) in [6.45, 7) is 10.1. The number of halogens is 1. The molecule has 2 saturated heterocycles. The molecule has 3 amide bonds. The molecule has 222 valence electrons. The molecule has 0 radical (unpaired) electrons. The zero-order valence-corrected chi connectivity index (χ0v) is 25.2. The minimum atomic E-state index is -0.556. The highest BCUT2D eigenvalue weighted by molar-refractivity contribution is 5.97. The van der Waals surface area contributed by atoms with E-state index >= 15 is 0 Å². The predicted molar refractivity (Wildman–Crippen MR) is 162 cm³/mol. The number of benzene rings is 2. The molecule has 0 bridgehead atoms. The molecule has 5 rings (SSSR count). The van der Waals surface area contributed by atoms with Crippen molar-refractivity contribution < 1.29 is 18.8 Å². The Balaban J connectivity index is 1.46. The van der Waals surface area contributed by atoms with Gasteiger partial charge in [-0.15, -0.1) is 0 Å². The predicted octanol–water partition coefficient (Wildman–Crippen LogP) is 6.47. The van der Waals surface area contributed by atoms with Gasteiger partial charge in [-0.2, -0.15) is 0 Å². The van der Waals surface area contributed by atoms with Crippen LogP contribution in [-0.2, 0) is 16.1 Å². The smallest absolute Gasteiger partial charge is 0.257 e. The molecule has 0 saturated carbocycles. The van der Waals surface area contributed by atoms with Crippen LogP contribution in [0.15, 0.2) is 66.4 Å². The summed E-state index contributed by atoms with van der Waals surface area (Å²) in [5, 5.41) is 3.16. The van der Waals surface area contributed by atoms with Crippen LogP contribution < -0.4 is 5.32 Å². The van der Waals surface area contributed by atoms with Crippen molar-refractivity contribution in [3.63, 3.8) is 0 Å². The summed E-state index contributed by atoms with van der Waals surface area (Å²) in [6.07, 6.45) is 9.84. The highest BCUT2D eigenvalue weighted by Gasteiger charge is 2.41. The van der Waals surface area contributed by atoms with Crippen LogP contribution in [0.5, 0.6) is 0 Å². The van der Waals surface area contributed by atoms with Crippen LogP contribution in [0.3, 0.4) is 0 Å². The fraction of sp³-hybridized carbons (Fsp3) is 0.457. The third-order valence-electron chi connectivity index (χ3n) is 8.98. The van der Waals surface area contributed by atoms with Crippen molar-refractivity contribution in [1.29, 1.82) is 0 Å². The van der Waals surface area contributed by atoms with E-state index in [2.05, 4.69) is 38.2 Å². The van der Waals surface area contributed by atoms with Crippen LogP contribution in [0.25, 0.3) is 0 Å². The van der Waals surface area contributed by atoms with E-state index in [1.165, 1.54) is 6.07 Å². The van der Waals surface area contributed by atoms with E-state index in [0.717, 1.165) is 36.2 Å². The number of aryl methyl sites for hydroxylation is 1. The first kappa shape index (κ1) is 29.7.